The highest BCUT2D eigenvalue weighted by Gasteiger charge is 2.50. The molecule has 3 rings (SSSR count). The Hall–Kier alpha value is -4.08. The molecule has 0 aromatic rings. The number of rotatable bonds is 17. The molecular formula is C39H62N6O7. The summed E-state index contributed by atoms with van der Waals surface area (Å²) in [6.07, 6.45) is 13.5. The first-order chi connectivity index (χ1) is 24.5. The summed E-state index contributed by atoms with van der Waals surface area (Å²) in [5.74, 6) is 0.132. The summed E-state index contributed by atoms with van der Waals surface area (Å²) in [5, 5.41) is 14.0. The summed E-state index contributed by atoms with van der Waals surface area (Å²) in [5.41, 5.74) is -1.07. The van der Waals surface area contributed by atoms with Crippen LogP contribution in [0.3, 0.4) is 0 Å². The number of likely N-dealkylation sites (tertiary alicyclic amines) is 1. The van der Waals surface area contributed by atoms with Crippen LogP contribution in [0.5, 0.6) is 0 Å². The fourth-order valence-corrected chi connectivity index (χ4v) is 7.21. The lowest BCUT2D eigenvalue weighted by atomic mass is 9.70. The number of nitrogens with one attached hydrogen (secondary N) is 5. The highest BCUT2D eigenvalue weighted by molar-refractivity contribution is 6.38. The van der Waals surface area contributed by atoms with Crippen LogP contribution in [0.4, 0.5) is 9.59 Å². The van der Waals surface area contributed by atoms with Crippen molar-refractivity contribution in [3.63, 3.8) is 0 Å². The van der Waals surface area contributed by atoms with Gasteiger partial charge in [-0.25, -0.2) is 9.59 Å². The third-order valence-electron chi connectivity index (χ3n) is 10.9. The largest absolute Gasteiger partial charge is 0.447 e. The van der Waals surface area contributed by atoms with E-state index < -0.39 is 64.7 Å². The second-order valence-corrected chi connectivity index (χ2v) is 16.4. The first-order valence-electron chi connectivity index (χ1n) is 19.0. The van der Waals surface area contributed by atoms with E-state index in [9.17, 15) is 28.8 Å². The third-order valence-corrected chi connectivity index (χ3v) is 10.9. The van der Waals surface area contributed by atoms with Gasteiger partial charge in [-0.2, -0.15) is 0 Å². The number of Topliss-reactive ketones (excluding diaryl/α,β-unsaturated/α-hetero) is 1. The van der Waals surface area contributed by atoms with Crippen LogP contribution < -0.4 is 26.6 Å². The van der Waals surface area contributed by atoms with Gasteiger partial charge in [-0.1, -0.05) is 66.9 Å². The van der Waals surface area contributed by atoms with E-state index in [4.69, 9.17) is 11.2 Å². The zero-order valence-corrected chi connectivity index (χ0v) is 32.1. The minimum absolute atomic E-state index is 0.0123. The second-order valence-electron chi connectivity index (χ2n) is 16.4. The number of carbonyl (C=O) groups excluding carboxylic acids is 6. The minimum Gasteiger partial charge on any atom is -0.447 e. The van der Waals surface area contributed by atoms with E-state index in [1.54, 1.807) is 4.90 Å². The first kappa shape index (κ1) is 42.3. The number of alkyl carbamates (subject to hydrolysis) is 1. The van der Waals surface area contributed by atoms with E-state index in [1.807, 2.05) is 41.5 Å². The average molecular weight is 727 g/mol. The van der Waals surface area contributed by atoms with Crippen LogP contribution in [-0.2, 0) is 23.9 Å². The van der Waals surface area contributed by atoms with Gasteiger partial charge >= 0.3 is 12.1 Å². The molecule has 0 spiro atoms. The predicted molar refractivity (Wildman–Crippen MR) is 199 cm³/mol. The van der Waals surface area contributed by atoms with Crippen molar-refractivity contribution in [2.45, 2.75) is 130 Å². The maximum Gasteiger partial charge on any atom is 0.407 e. The second kappa shape index (κ2) is 19.1. The number of carbonyl (C=O) groups is 6. The Labute approximate surface area is 309 Å². The molecule has 52 heavy (non-hydrogen) atoms. The lowest BCUT2D eigenvalue weighted by Gasteiger charge is -2.43. The summed E-state index contributed by atoms with van der Waals surface area (Å²) in [7, 11) is 0. The molecule has 0 bridgehead atoms. The van der Waals surface area contributed by atoms with Gasteiger partial charge in [0.25, 0.3) is 5.91 Å². The van der Waals surface area contributed by atoms with Crippen molar-refractivity contribution in [2.75, 3.05) is 26.2 Å². The van der Waals surface area contributed by atoms with Gasteiger partial charge in [0.1, 0.15) is 18.7 Å². The molecule has 2 aliphatic carbocycles. The van der Waals surface area contributed by atoms with Crippen molar-refractivity contribution in [3.05, 3.63) is 12.7 Å². The quantitative estimate of drug-likeness (QED) is 0.0861. The van der Waals surface area contributed by atoms with Crippen LogP contribution >= 0.6 is 0 Å². The van der Waals surface area contributed by atoms with Crippen LogP contribution in [0.2, 0.25) is 0 Å². The number of hydrogen-bond donors (Lipinski definition) is 5. The molecule has 6 amide bonds. The standard InChI is InChI=1S/C39H62N6O7/c1-9-11-15-28(31(46)34(48)40-21-10-2)42-33(47)30-27(25(3)4)18-22-45(30)35(49)32(39(8)19-13-12-14-20-39)44-36(50)43-29(38(5,6)7)24-52-37(51)41-23-26-16-17-26/h1,10,25-30,32H,2,11-24H2,3-8H3,(H,40,48)(H,41,51)(H,42,47)(H2,43,44,50)/t27-,28?,29?,30?,32?/m1/s1. The maximum absolute atomic E-state index is 14.8. The Morgan fingerprint density at radius 1 is 1.00 bits per heavy atom. The molecule has 1 saturated heterocycles. The summed E-state index contributed by atoms with van der Waals surface area (Å²) in [6, 6.07) is -4.21. The number of ether oxygens (including phenoxy) is 1. The van der Waals surface area contributed by atoms with Gasteiger partial charge in [0, 0.05) is 26.1 Å². The number of ketones is 1. The van der Waals surface area contributed by atoms with Gasteiger partial charge in [-0.3, -0.25) is 19.2 Å². The molecule has 3 aliphatic rings. The topological polar surface area (TPSA) is 175 Å². The van der Waals surface area contributed by atoms with Crippen molar-refractivity contribution in [2.24, 2.45) is 28.6 Å². The first-order valence-corrected chi connectivity index (χ1v) is 19.0. The molecule has 290 valence electrons. The van der Waals surface area contributed by atoms with Gasteiger partial charge in [-0.15, -0.1) is 18.9 Å². The van der Waals surface area contributed by atoms with E-state index in [-0.39, 0.29) is 50.3 Å². The van der Waals surface area contributed by atoms with Gasteiger partial charge < -0.3 is 36.2 Å². The average Bonchev–Trinajstić information content (AvgIpc) is 3.82. The van der Waals surface area contributed by atoms with E-state index in [0.717, 1.165) is 32.1 Å². The SMILES string of the molecule is C#CCCC(NC(=O)C1[C@@H](C(C)C)CCN1C(=O)C(NC(=O)NC(COC(=O)NCC1CC1)C(C)(C)C)C1(C)CCCCC1)C(=O)C(=O)NCC=C. The van der Waals surface area contributed by atoms with E-state index >= 15 is 0 Å². The summed E-state index contributed by atoms with van der Waals surface area (Å²) in [6.45, 7) is 16.2. The fraction of sp³-hybridized carbons (Fsp3) is 0.744. The molecular weight excluding hydrogens is 664 g/mol. The Bertz CT molecular complexity index is 1340. The van der Waals surface area contributed by atoms with Crippen LogP contribution in [0.1, 0.15) is 106 Å². The number of hydrogen-bond acceptors (Lipinski definition) is 7. The van der Waals surface area contributed by atoms with Crippen molar-refractivity contribution in [1.82, 2.24) is 31.5 Å². The molecule has 0 radical (unpaired) electrons. The van der Waals surface area contributed by atoms with Crippen LogP contribution in [0.25, 0.3) is 0 Å². The van der Waals surface area contributed by atoms with Crippen molar-refractivity contribution >= 4 is 35.6 Å². The van der Waals surface area contributed by atoms with Crippen molar-refractivity contribution in [3.8, 4) is 12.3 Å². The highest BCUT2D eigenvalue weighted by Crippen LogP contribution is 2.41. The molecule has 1 heterocycles. The monoisotopic (exact) mass is 726 g/mol. The van der Waals surface area contributed by atoms with Crippen LogP contribution in [-0.4, -0.2) is 90.9 Å². The van der Waals surface area contributed by atoms with E-state index in [2.05, 4.69) is 39.1 Å². The third kappa shape index (κ3) is 12.0. The Kier molecular flexibility index (Phi) is 15.6. The smallest absolute Gasteiger partial charge is 0.407 e. The summed E-state index contributed by atoms with van der Waals surface area (Å²) >= 11 is 0. The zero-order chi connectivity index (χ0) is 38.6. The van der Waals surface area contributed by atoms with Gasteiger partial charge in [0.2, 0.25) is 17.6 Å². The normalized spacial score (nSPS) is 21.5. The Morgan fingerprint density at radius 3 is 2.25 bits per heavy atom. The molecule has 2 saturated carbocycles. The molecule has 4 unspecified atom stereocenters. The van der Waals surface area contributed by atoms with E-state index in [0.29, 0.717) is 31.7 Å². The lowest BCUT2D eigenvalue weighted by molar-refractivity contribution is -0.145. The van der Waals surface area contributed by atoms with E-state index in [1.165, 1.54) is 6.08 Å². The summed E-state index contributed by atoms with van der Waals surface area (Å²) in [4.78, 5) is 82.3. The lowest BCUT2D eigenvalue weighted by Crippen LogP contribution is -2.63. The molecule has 13 nitrogen and oxygen atoms in total. The van der Waals surface area contributed by atoms with Crippen LogP contribution in [0.15, 0.2) is 12.7 Å². The van der Waals surface area contributed by atoms with Crippen molar-refractivity contribution in [1.29, 1.82) is 0 Å². The van der Waals surface area contributed by atoms with Gasteiger partial charge in [-0.05, 0) is 67.1 Å². The zero-order valence-electron chi connectivity index (χ0n) is 32.1. The molecule has 1 aliphatic heterocycles. The molecule has 5 N–H and O–H groups in total. The van der Waals surface area contributed by atoms with Gasteiger partial charge in [0.15, 0.2) is 0 Å². The minimum atomic E-state index is -1.18. The highest BCUT2D eigenvalue weighted by atomic mass is 16.5. The molecule has 5 atom stereocenters. The number of terminal acetylenes is 1. The Balaban J connectivity index is 1.85. The molecule has 13 heteroatoms. The maximum atomic E-state index is 14.8. The molecule has 0 aromatic heterocycles. The Morgan fingerprint density at radius 2 is 1.67 bits per heavy atom. The van der Waals surface area contributed by atoms with Crippen LogP contribution in [0, 0.1) is 40.9 Å². The predicted octanol–water partition coefficient (Wildman–Crippen LogP) is 3.82. The molecule has 0 aromatic carbocycles. The number of urea groups is 1. The summed E-state index contributed by atoms with van der Waals surface area (Å²) < 4.78 is 5.48. The fourth-order valence-electron chi connectivity index (χ4n) is 7.21. The van der Waals surface area contributed by atoms with Crippen molar-refractivity contribution < 1.29 is 33.5 Å². The molecule has 3 fully saturated rings. The number of nitrogens with zero attached hydrogens (tertiary/aromatic N) is 1. The van der Waals surface area contributed by atoms with Gasteiger partial charge in [0.05, 0.1) is 12.1 Å². The number of amides is 6.